The van der Waals surface area contributed by atoms with Crippen molar-refractivity contribution in [2.45, 2.75) is 5.73 Å². The number of hydrogen-bond acceptors (Lipinski definition) is 1. The first-order valence-corrected chi connectivity index (χ1v) is 11.3. The highest BCUT2D eigenvalue weighted by atomic mass is 28.3. The third-order valence-electron chi connectivity index (χ3n) is 5.21. The van der Waals surface area contributed by atoms with Crippen molar-refractivity contribution in [2.24, 2.45) is 0 Å². The number of aliphatic hydroxyl groups is 1. The molecule has 1 N–H and O–H groups in total. The van der Waals surface area contributed by atoms with Gasteiger partial charge in [0.15, 0.2) is 8.07 Å². The topological polar surface area (TPSA) is 20.2 Å². The van der Waals surface area contributed by atoms with E-state index in [1.54, 1.807) is 0 Å². The maximum atomic E-state index is 11.9. The molecule has 132 valence electrons. The summed E-state index contributed by atoms with van der Waals surface area (Å²) in [5, 5.41) is 15.5. The minimum Gasteiger partial charge on any atom is -0.391 e. The van der Waals surface area contributed by atoms with Crippen LogP contribution in [0.3, 0.4) is 0 Å². The van der Waals surface area contributed by atoms with E-state index in [2.05, 4.69) is 72.8 Å². The van der Waals surface area contributed by atoms with Crippen LogP contribution in [0.1, 0.15) is 11.3 Å². The van der Waals surface area contributed by atoms with E-state index in [0.717, 1.165) is 5.56 Å². The van der Waals surface area contributed by atoms with Crippen molar-refractivity contribution in [3.05, 3.63) is 127 Å². The monoisotopic (exact) mass is 366 g/mol. The number of hydrogen-bond donors (Lipinski definition) is 1. The van der Waals surface area contributed by atoms with E-state index in [4.69, 9.17) is 0 Å². The molecule has 4 aromatic rings. The number of rotatable bonds is 5. The summed E-state index contributed by atoms with van der Waals surface area (Å²) < 4.78 is 0. The van der Waals surface area contributed by atoms with Crippen molar-refractivity contribution in [2.75, 3.05) is 0 Å². The van der Waals surface area contributed by atoms with Gasteiger partial charge in [0.05, 0.1) is 5.73 Å². The quantitative estimate of drug-likeness (QED) is 0.424. The second-order valence-corrected chi connectivity index (χ2v) is 10.6. The Morgan fingerprint density at radius 2 is 0.741 bits per heavy atom. The minimum atomic E-state index is -2.71. The summed E-state index contributed by atoms with van der Waals surface area (Å²) >= 11 is 0. The van der Waals surface area contributed by atoms with Crippen molar-refractivity contribution in [1.82, 2.24) is 0 Å². The zero-order chi connectivity index (χ0) is 18.5. The summed E-state index contributed by atoms with van der Waals surface area (Å²) in [7, 11) is -2.71. The van der Waals surface area contributed by atoms with Crippen LogP contribution in [0.5, 0.6) is 0 Å². The normalized spacial score (nSPS) is 12.5. The summed E-state index contributed by atoms with van der Waals surface area (Å²) in [5.41, 5.74) is 0.367. The van der Waals surface area contributed by atoms with Crippen LogP contribution < -0.4 is 15.6 Å². The standard InChI is InChI=1S/C25H22OSi/c26-25(21-13-5-1-6-14-21)27(22-15-7-2-8-16-22,23-17-9-3-10-18-23)24-19-11-4-12-20-24/h1-20,25-26H. The lowest BCUT2D eigenvalue weighted by Gasteiger charge is -2.38. The van der Waals surface area contributed by atoms with Crippen LogP contribution >= 0.6 is 0 Å². The largest absolute Gasteiger partial charge is 0.391 e. The molecule has 0 amide bonds. The van der Waals surface area contributed by atoms with Crippen molar-refractivity contribution >= 4 is 23.6 Å². The molecular weight excluding hydrogens is 344 g/mol. The van der Waals surface area contributed by atoms with Gasteiger partial charge in [-0.3, -0.25) is 0 Å². The lowest BCUT2D eigenvalue weighted by molar-refractivity contribution is 0.254. The summed E-state index contributed by atoms with van der Waals surface area (Å²) in [6.07, 6.45) is 0. The molecule has 0 heterocycles. The van der Waals surface area contributed by atoms with Gasteiger partial charge in [-0.05, 0) is 21.1 Å². The zero-order valence-electron chi connectivity index (χ0n) is 15.1. The predicted octanol–water partition coefficient (Wildman–Crippen LogP) is 3.43. The maximum absolute atomic E-state index is 11.9. The Labute approximate surface area is 161 Å². The van der Waals surface area contributed by atoms with Gasteiger partial charge in [-0.25, -0.2) is 0 Å². The van der Waals surface area contributed by atoms with Crippen molar-refractivity contribution in [3.8, 4) is 0 Å². The highest BCUT2D eigenvalue weighted by molar-refractivity contribution is 7.12. The smallest absolute Gasteiger partial charge is 0.184 e. The first-order chi connectivity index (χ1) is 13.3. The minimum absolute atomic E-state index is 0.592. The number of aliphatic hydroxyl groups excluding tert-OH is 1. The molecule has 0 aliphatic heterocycles. The fourth-order valence-corrected chi connectivity index (χ4v) is 8.76. The molecule has 2 heteroatoms. The molecule has 4 aromatic carbocycles. The van der Waals surface area contributed by atoms with Crippen LogP contribution in [0, 0.1) is 0 Å². The molecule has 0 aliphatic carbocycles. The van der Waals surface area contributed by atoms with Crippen LogP contribution in [0.4, 0.5) is 0 Å². The molecule has 0 aliphatic rings. The van der Waals surface area contributed by atoms with Crippen molar-refractivity contribution < 1.29 is 5.11 Å². The highest BCUT2D eigenvalue weighted by Gasteiger charge is 2.46. The van der Waals surface area contributed by atoms with Crippen molar-refractivity contribution in [1.29, 1.82) is 0 Å². The Hall–Kier alpha value is -2.94. The molecule has 0 saturated carbocycles. The number of benzene rings is 4. The molecule has 0 bridgehead atoms. The molecular formula is C25H22OSi. The Kier molecular flexibility index (Phi) is 5.01. The van der Waals surface area contributed by atoms with E-state index in [1.165, 1.54) is 15.6 Å². The molecule has 27 heavy (non-hydrogen) atoms. The maximum Gasteiger partial charge on any atom is 0.184 e. The van der Waals surface area contributed by atoms with Gasteiger partial charge >= 0.3 is 0 Å². The summed E-state index contributed by atoms with van der Waals surface area (Å²) in [6, 6.07) is 41.6. The third kappa shape index (κ3) is 3.14. The van der Waals surface area contributed by atoms with Crippen molar-refractivity contribution in [3.63, 3.8) is 0 Å². The van der Waals surface area contributed by atoms with Gasteiger partial charge in [0.2, 0.25) is 0 Å². The average molecular weight is 367 g/mol. The van der Waals surface area contributed by atoms with Gasteiger partial charge in [0.25, 0.3) is 0 Å². The van der Waals surface area contributed by atoms with E-state index in [-0.39, 0.29) is 0 Å². The fourth-order valence-electron chi connectivity index (χ4n) is 3.96. The van der Waals surface area contributed by atoms with Crippen LogP contribution in [0.25, 0.3) is 0 Å². The molecule has 1 atom stereocenters. The molecule has 4 rings (SSSR count). The van der Waals surface area contributed by atoms with E-state index in [0.29, 0.717) is 0 Å². The predicted molar refractivity (Wildman–Crippen MR) is 115 cm³/mol. The molecule has 0 saturated heterocycles. The molecule has 0 radical (unpaired) electrons. The second kappa shape index (κ2) is 7.75. The first-order valence-electron chi connectivity index (χ1n) is 9.23. The van der Waals surface area contributed by atoms with Crippen LogP contribution in [0.15, 0.2) is 121 Å². The van der Waals surface area contributed by atoms with E-state index < -0.39 is 13.8 Å². The highest BCUT2D eigenvalue weighted by Crippen LogP contribution is 2.25. The second-order valence-electron chi connectivity index (χ2n) is 6.72. The Balaban J connectivity index is 2.07. The van der Waals surface area contributed by atoms with Gasteiger partial charge in [0, 0.05) is 0 Å². The van der Waals surface area contributed by atoms with Gasteiger partial charge in [-0.15, -0.1) is 0 Å². The van der Waals surface area contributed by atoms with Gasteiger partial charge < -0.3 is 5.11 Å². The Bertz CT molecular complexity index is 873. The Morgan fingerprint density at radius 3 is 1.07 bits per heavy atom. The summed E-state index contributed by atoms with van der Waals surface area (Å²) in [6.45, 7) is 0. The van der Waals surface area contributed by atoms with Crippen LogP contribution in [0.2, 0.25) is 0 Å². The third-order valence-corrected chi connectivity index (χ3v) is 10.1. The van der Waals surface area contributed by atoms with Crippen LogP contribution in [-0.2, 0) is 0 Å². The summed E-state index contributed by atoms with van der Waals surface area (Å²) in [4.78, 5) is 0. The van der Waals surface area contributed by atoms with E-state index >= 15 is 0 Å². The molecule has 1 unspecified atom stereocenters. The Morgan fingerprint density at radius 1 is 0.444 bits per heavy atom. The SMILES string of the molecule is OC(c1ccccc1)[Si](c1ccccc1)(c1ccccc1)c1ccccc1. The molecule has 0 aromatic heterocycles. The molecule has 0 fully saturated rings. The van der Waals surface area contributed by atoms with E-state index in [9.17, 15) is 5.11 Å². The van der Waals surface area contributed by atoms with Crippen LogP contribution in [-0.4, -0.2) is 13.2 Å². The van der Waals surface area contributed by atoms with Gasteiger partial charge in [-0.2, -0.15) is 0 Å². The van der Waals surface area contributed by atoms with E-state index in [1.807, 2.05) is 48.5 Å². The summed E-state index contributed by atoms with van der Waals surface area (Å²) in [5.74, 6) is 0. The first kappa shape index (κ1) is 17.5. The average Bonchev–Trinajstić information content (AvgIpc) is 2.77. The van der Waals surface area contributed by atoms with Gasteiger partial charge in [0.1, 0.15) is 0 Å². The fraction of sp³-hybridized carbons (Fsp3) is 0.0400. The molecule has 1 nitrogen and oxygen atoms in total. The van der Waals surface area contributed by atoms with Gasteiger partial charge in [-0.1, -0.05) is 121 Å². The lowest BCUT2D eigenvalue weighted by atomic mass is 10.2. The molecule has 0 spiro atoms. The lowest BCUT2D eigenvalue weighted by Crippen LogP contribution is -2.71. The zero-order valence-corrected chi connectivity index (χ0v) is 16.1.